The molecule has 52 heavy (non-hydrogen) atoms. The molecule has 3 N–H and O–H groups in total. The Morgan fingerprint density at radius 2 is 1.56 bits per heavy atom. The maximum atomic E-state index is 14.0. The largest absolute Gasteiger partial charge is 0.493 e. The lowest BCUT2D eigenvalue weighted by Crippen LogP contribution is -2.55. The minimum absolute atomic E-state index is 0.0361. The Labute approximate surface area is 315 Å². The highest BCUT2D eigenvalue weighted by molar-refractivity contribution is 6.42. The molecule has 3 unspecified atom stereocenters. The van der Waals surface area contributed by atoms with Gasteiger partial charge in [-0.1, -0.05) is 77.8 Å². The molecule has 4 aromatic rings. The fourth-order valence-corrected chi connectivity index (χ4v) is 7.32. The topological polar surface area (TPSA) is 122 Å². The van der Waals surface area contributed by atoms with Crippen molar-refractivity contribution in [1.82, 2.24) is 10.2 Å². The number of hydrogen-bond acceptors (Lipinski definition) is 8. The van der Waals surface area contributed by atoms with E-state index in [1.165, 1.54) is 0 Å². The Kier molecular flexibility index (Phi) is 12.9. The number of hydrogen-bond donors (Lipinski definition) is 2. The van der Waals surface area contributed by atoms with Crippen molar-refractivity contribution in [3.63, 3.8) is 0 Å². The summed E-state index contributed by atoms with van der Waals surface area (Å²) in [4.78, 5) is 28.7. The number of amides is 2. The van der Waals surface area contributed by atoms with Gasteiger partial charge in [0.1, 0.15) is 5.75 Å². The number of nitrogens with two attached hydrogens (primary N) is 1. The minimum Gasteiger partial charge on any atom is -0.493 e. The summed E-state index contributed by atoms with van der Waals surface area (Å²) in [6, 6.07) is 27.3. The van der Waals surface area contributed by atoms with E-state index in [4.69, 9.17) is 52.6 Å². The van der Waals surface area contributed by atoms with E-state index in [1.807, 2.05) is 54.6 Å². The number of carbonyl (C=O) groups excluding carboxylic acids is 2. The third-order valence-electron chi connectivity index (χ3n) is 9.94. The molecule has 276 valence electrons. The lowest BCUT2D eigenvalue weighted by atomic mass is 9.69. The van der Waals surface area contributed by atoms with E-state index in [1.54, 1.807) is 69.7 Å². The molecule has 4 aromatic carbocycles. The first-order chi connectivity index (χ1) is 25.1. The van der Waals surface area contributed by atoms with Crippen LogP contribution in [0.1, 0.15) is 42.4 Å². The smallest absolute Gasteiger partial charge is 0.415 e. The number of halogens is 2. The number of nitrogens with one attached hydrogen (secondary N) is 1. The van der Waals surface area contributed by atoms with Crippen LogP contribution in [0.5, 0.6) is 23.0 Å². The van der Waals surface area contributed by atoms with E-state index in [2.05, 4.69) is 5.32 Å². The van der Waals surface area contributed by atoms with Crippen LogP contribution in [0.3, 0.4) is 0 Å². The van der Waals surface area contributed by atoms with Crippen LogP contribution in [-0.4, -0.2) is 64.5 Å². The highest BCUT2D eigenvalue weighted by Crippen LogP contribution is 2.42. The van der Waals surface area contributed by atoms with Crippen molar-refractivity contribution in [3.05, 3.63) is 118 Å². The second kappa shape index (κ2) is 17.4. The van der Waals surface area contributed by atoms with E-state index in [-0.39, 0.29) is 25.2 Å². The van der Waals surface area contributed by atoms with Crippen LogP contribution in [0.4, 0.5) is 4.79 Å². The molecule has 1 saturated heterocycles. The number of para-hydroxylation sites is 1. The molecule has 2 amide bonds. The third-order valence-corrected chi connectivity index (χ3v) is 10.7. The zero-order chi connectivity index (χ0) is 37.3. The van der Waals surface area contributed by atoms with Gasteiger partial charge in [0.05, 0.1) is 55.5 Å². The van der Waals surface area contributed by atoms with Crippen molar-refractivity contribution in [2.45, 2.75) is 49.3 Å². The van der Waals surface area contributed by atoms with E-state index in [9.17, 15) is 9.59 Å². The third kappa shape index (κ3) is 8.42. The van der Waals surface area contributed by atoms with Gasteiger partial charge in [-0.15, -0.1) is 0 Å². The standard InChI is InChI=1S/C40H45Cl2N3O7/c1-45(38(47)52-31-13-9-6-10-14-31)40(29-15-16-32(41)33(42)23-29,26-51-25-27-21-34(48-2)36(50-4)35(22-27)49-3)18-17-30-24-39(37(43)46,19-20-44-30)28-11-7-5-8-12-28/h5-16,21-23,30,44H,17-20,24-26H2,1-4H3,(H2,43,46). The van der Waals surface area contributed by atoms with Crippen LogP contribution < -0.4 is 30.0 Å². The van der Waals surface area contributed by atoms with E-state index in [0.717, 1.165) is 11.1 Å². The summed E-state index contributed by atoms with van der Waals surface area (Å²) in [7, 11) is 6.33. The second-order valence-electron chi connectivity index (χ2n) is 12.9. The Hall–Kier alpha value is -4.48. The van der Waals surface area contributed by atoms with Gasteiger partial charge in [0, 0.05) is 13.1 Å². The van der Waals surface area contributed by atoms with Crippen molar-refractivity contribution in [3.8, 4) is 23.0 Å². The lowest BCUT2D eigenvalue weighted by molar-refractivity contribution is -0.125. The van der Waals surface area contributed by atoms with E-state index >= 15 is 0 Å². The van der Waals surface area contributed by atoms with E-state index in [0.29, 0.717) is 70.8 Å². The van der Waals surface area contributed by atoms with Crippen LogP contribution in [0, 0.1) is 0 Å². The number of piperidine rings is 1. The molecule has 0 aromatic heterocycles. The number of ether oxygens (including phenoxy) is 5. The molecule has 5 rings (SSSR count). The van der Waals surface area contributed by atoms with Gasteiger partial charge in [-0.3, -0.25) is 9.69 Å². The number of rotatable bonds is 15. The van der Waals surface area contributed by atoms with Crippen LogP contribution in [0.2, 0.25) is 10.0 Å². The van der Waals surface area contributed by atoms with Crippen molar-refractivity contribution in [2.75, 3.05) is 41.5 Å². The van der Waals surface area contributed by atoms with Crippen LogP contribution in [0.15, 0.2) is 91.0 Å². The summed E-state index contributed by atoms with van der Waals surface area (Å²) in [5.74, 6) is 1.46. The van der Waals surface area contributed by atoms with Crippen molar-refractivity contribution in [2.24, 2.45) is 5.73 Å². The summed E-state index contributed by atoms with van der Waals surface area (Å²) in [5, 5.41) is 4.29. The molecule has 0 radical (unpaired) electrons. The maximum Gasteiger partial charge on any atom is 0.415 e. The number of carbonyl (C=O) groups is 2. The fourth-order valence-electron chi connectivity index (χ4n) is 7.02. The molecule has 0 saturated carbocycles. The van der Waals surface area contributed by atoms with Crippen molar-refractivity contribution < 1.29 is 33.3 Å². The molecule has 1 aliphatic rings. The Morgan fingerprint density at radius 3 is 2.15 bits per heavy atom. The summed E-state index contributed by atoms with van der Waals surface area (Å²) >= 11 is 13.0. The van der Waals surface area contributed by atoms with Gasteiger partial charge in [-0.2, -0.15) is 0 Å². The zero-order valence-electron chi connectivity index (χ0n) is 29.8. The molecule has 0 bridgehead atoms. The van der Waals surface area contributed by atoms with Gasteiger partial charge < -0.3 is 34.7 Å². The Bertz CT molecular complexity index is 1810. The van der Waals surface area contributed by atoms with Gasteiger partial charge in [0.2, 0.25) is 11.7 Å². The Morgan fingerprint density at radius 1 is 0.904 bits per heavy atom. The van der Waals surface area contributed by atoms with Gasteiger partial charge in [0.15, 0.2) is 11.5 Å². The first-order valence-corrected chi connectivity index (χ1v) is 17.7. The average Bonchev–Trinajstić information content (AvgIpc) is 3.17. The molecule has 1 heterocycles. The molecule has 10 nitrogen and oxygen atoms in total. The average molecular weight is 751 g/mol. The second-order valence-corrected chi connectivity index (χ2v) is 13.7. The predicted molar refractivity (Wildman–Crippen MR) is 202 cm³/mol. The van der Waals surface area contributed by atoms with Crippen molar-refractivity contribution in [1.29, 1.82) is 0 Å². The van der Waals surface area contributed by atoms with Gasteiger partial charge in [0.25, 0.3) is 0 Å². The van der Waals surface area contributed by atoms with Crippen LogP contribution in [0.25, 0.3) is 0 Å². The molecule has 0 aliphatic carbocycles. The van der Waals surface area contributed by atoms with Gasteiger partial charge in [-0.05, 0) is 85.3 Å². The summed E-state index contributed by atoms with van der Waals surface area (Å²) in [5.41, 5.74) is 6.51. The molecule has 0 spiro atoms. The zero-order valence-corrected chi connectivity index (χ0v) is 31.3. The number of benzene rings is 4. The van der Waals surface area contributed by atoms with E-state index < -0.39 is 17.0 Å². The lowest BCUT2D eigenvalue weighted by Gasteiger charge is -2.44. The Balaban J connectivity index is 1.52. The monoisotopic (exact) mass is 749 g/mol. The number of methoxy groups -OCH3 is 3. The molecule has 12 heteroatoms. The maximum absolute atomic E-state index is 14.0. The first-order valence-electron chi connectivity index (χ1n) is 17.0. The SMILES string of the molecule is COc1cc(COCC(CCC2CC(C(N)=O)(c3ccccc3)CCN2)(c2ccc(Cl)c(Cl)c2)N(C)C(=O)Oc2ccccc2)cc(OC)c1OC. The first kappa shape index (κ1) is 38.7. The normalized spacial score (nSPS) is 18.2. The van der Waals surface area contributed by atoms with Crippen LogP contribution in [-0.2, 0) is 27.1 Å². The molecular weight excluding hydrogens is 705 g/mol. The highest BCUT2D eigenvalue weighted by atomic mass is 35.5. The van der Waals surface area contributed by atoms with Gasteiger partial charge >= 0.3 is 6.09 Å². The number of nitrogens with zero attached hydrogens (tertiary/aromatic N) is 1. The summed E-state index contributed by atoms with van der Waals surface area (Å²) in [6.45, 7) is 0.766. The van der Waals surface area contributed by atoms with Gasteiger partial charge in [-0.25, -0.2) is 4.79 Å². The molecule has 1 fully saturated rings. The predicted octanol–water partition coefficient (Wildman–Crippen LogP) is 7.52. The van der Waals surface area contributed by atoms with Crippen LogP contribution >= 0.6 is 23.2 Å². The van der Waals surface area contributed by atoms with Crippen molar-refractivity contribution >= 4 is 35.2 Å². The summed E-state index contributed by atoms with van der Waals surface area (Å²) in [6.07, 6.45) is 1.39. The number of likely N-dealkylation sites (N-methyl/N-ethyl adjacent to an activating group) is 1. The molecule has 1 aliphatic heterocycles. The fraction of sp³-hybridized carbons (Fsp3) is 0.350. The highest BCUT2D eigenvalue weighted by Gasteiger charge is 2.45. The molecule has 3 atom stereocenters. The minimum atomic E-state index is -1.12. The number of primary amides is 1. The quantitative estimate of drug-likeness (QED) is 0.128. The summed E-state index contributed by atoms with van der Waals surface area (Å²) < 4.78 is 29.0. The molecular formula is C40H45Cl2N3O7.